The van der Waals surface area contributed by atoms with Crippen LogP contribution in [0.5, 0.6) is 0 Å². The second kappa shape index (κ2) is 7.90. The lowest BCUT2D eigenvalue weighted by molar-refractivity contribution is -0.558. The Morgan fingerprint density at radius 1 is 1.10 bits per heavy atom. The largest absolute Gasteiger partial charge is 0.416 e. The Hall–Kier alpha value is -3.62. The molecule has 0 spiro atoms. The van der Waals surface area contributed by atoms with Crippen LogP contribution in [0, 0.1) is 5.82 Å². The van der Waals surface area contributed by atoms with Crippen LogP contribution in [0.3, 0.4) is 0 Å². The molecule has 1 aliphatic heterocycles. The number of fused-ring (bicyclic) bond motifs is 1. The van der Waals surface area contributed by atoms with Crippen LogP contribution >= 0.6 is 0 Å². The first-order chi connectivity index (χ1) is 14.7. The van der Waals surface area contributed by atoms with E-state index in [0.29, 0.717) is 23.6 Å². The number of rotatable bonds is 4. The molecular weight excluding hydrogens is 412 g/mol. The molecule has 0 N–H and O–H groups in total. The van der Waals surface area contributed by atoms with Gasteiger partial charge in [0.05, 0.1) is 17.3 Å². The number of aromatic nitrogens is 2. The molecule has 0 saturated carbocycles. The molecule has 0 saturated heterocycles. The van der Waals surface area contributed by atoms with Gasteiger partial charge in [-0.15, -0.1) is 0 Å². The van der Waals surface area contributed by atoms with Gasteiger partial charge in [0.2, 0.25) is 0 Å². The van der Waals surface area contributed by atoms with E-state index in [1.165, 1.54) is 41.6 Å². The molecule has 0 fully saturated rings. The molecule has 0 aliphatic carbocycles. The Balaban J connectivity index is 1.56. The van der Waals surface area contributed by atoms with E-state index in [9.17, 15) is 22.4 Å². The van der Waals surface area contributed by atoms with Gasteiger partial charge in [-0.3, -0.25) is 4.79 Å². The molecule has 0 bridgehead atoms. The van der Waals surface area contributed by atoms with Crippen LogP contribution in [0.15, 0.2) is 65.9 Å². The van der Waals surface area contributed by atoms with Gasteiger partial charge in [-0.2, -0.15) is 17.7 Å². The van der Waals surface area contributed by atoms with Crippen molar-refractivity contribution in [1.82, 2.24) is 9.88 Å². The molecule has 2 heterocycles. The molecule has 9 heteroatoms. The van der Waals surface area contributed by atoms with Gasteiger partial charge in [0, 0.05) is 13.6 Å². The Labute approximate surface area is 175 Å². The van der Waals surface area contributed by atoms with Crippen molar-refractivity contribution in [2.75, 3.05) is 7.05 Å². The SMILES string of the molecule is CN(Cc1ccc(F)cc1)C(=O)c1c[n+]2c(cn1)CN=C2c1ccc(C(F)(F)F)cc1. The summed E-state index contributed by atoms with van der Waals surface area (Å²) >= 11 is 0. The summed E-state index contributed by atoms with van der Waals surface area (Å²) < 4.78 is 53.2. The Kier molecular flexibility index (Phi) is 5.26. The zero-order valence-corrected chi connectivity index (χ0v) is 16.4. The number of alkyl halides is 3. The topological polar surface area (TPSA) is 49.4 Å². The number of halogens is 4. The summed E-state index contributed by atoms with van der Waals surface area (Å²) in [5.41, 5.74) is 1.40. The van der Waals surface area contributed by atoms with Gasteiger partial charge in [-0.25, -0.2) is 9.37 Å². The molecule has 3 aromatic rings. The van der Waals surface area contributed by atoms with E-state index >= 15 is 0 Å². The van der Waals surface area contributed by atoms with Gasteiger partial charge in [-0.1, -0.05) is 17.1 Å². The first-order valence-electron chi connectivity index (χ1n) is 9.35. The molecule has 1 amide bonds. The molecule has 5 nitrogen and oxygen atoms in total. The minimum atomic E-state index is -4.42. The lowest BCUT2D eigenvalue weighted by Gasteiger charge is -2.16. The molecule has 0 unspecified atom stereocenters. The summed E-state index contributed by atoms with van der Waals surface area (Å²) in [6.45, 7) is 0.575. The van der Waals surface area contributed by atoms with Crippen LogP contribution in [0.1, 0.15) is 32.9 Å². The lowest BCUT2D eigenvalue weighted by Crippen LogP contribution is -2.45. The third kappa shape index (κ3) is 4.30. The molecule has 2 aromatic carbocycles. The van der Waals surface area contributed by atoms with E-state index in [0.717, 1.165) is 17.7 Å². The number of hydrogen-bond donors (Lipinski definition) is 0. The maximum atomic E-state index is 13.1. The van der Waals surface area contributed by atoms with Gasteiger partial charge < -0.3 is 4.90 Å². The van der Waals surface area contributed by atoms with Crippen LogP contribution < -0.4 is 4.57 Å². The fourth-order valence-electron chi connectivity index (χ4n) is 3.27. The molecule has 158 valence electrons. The molecule has 0 radical (unpaired) electrons. The van der Waals surface area contributed by atoms with Crippen molar-refractivity contribution in [3.63, 3.8) is 0 Å². The van der Waals surface area contributed by atoms with E-state index in [-0.39, 0.29) is 24.0 Å². The number of carbonyl (C=O) groups excluding carboxylic acids is 1. The molecule has 1 aliphatic rings. The minimum Gasteiger partial charge on any atom is -0.336 e. The van der Waals surface area contributed by atoms with Gasteiger partial charge in [0.15, 0.2) is 17.9 Å². The highest BCUT2D eigenvalue weighted by molar-refractivity contribution is 5.94. The van der Waals surface area contributed by atoms with E-state index in [4.69, 9.17) is 0 Å². The highest BCUT2D eigenvalue weighted by Crippen LogP contribution is 2.29. The van der Waals surface area contributed by atoms with E-state index in [2.05, 4.69) is 9.98 Å². The van der Waals surface area contributed by atoms with Crippen molar-refractivity contribution < 1.29 is 26.9 Å². The maximum absolute atomic E-state index is 13.1. The van der Waals surface area contributed by atoms with Crippen LogP contribution in [0.2, 0.25) is 0 Å². The highest BCUT2D eigenvalue weighted by Gasteiger charge is 2.32. The average molecular weight is 429 g/mol. The number of amides is 1. The minimum absolute atomic E-state index is 0.162. The summed E-state index contributed by atoms with van der Waals surface area (Å²) in [5, 5.41) is 0. The number of nitrogens with zero attached hydrogens (tertiary/aromatic N) is 4. The fraction of sp³-hybridized carbons (Fsp3) is 0.182. The van der Waals surface area contributed by atoms with E-state index in [1.807, 2.05) is 0 Å². The van der Waals surface area contributed by atoms with E-state index < -0.39 is 11.7 Å². The summed E-state index contributed by atoms with van der Waals surface area (Å²) in [6.07, 6.45) is -1.36. The molecule has 4 rings (SSSR count). The third-order valence-electron chi connectivity index (χ3n) is 4.90. The third-order valence-corrected chi connectivity index (χ3v) is 4.90. The van der Waals surface area contributed by atoms with Crippen molar-refractivity contribution in [2.45, 2.75) is 19.3 Å². The van der Waals surface area contributed by atoms with Crippen LogP contribution in [0.25, 0.3) is 0 Å². The fourth-order valence-corrected chi connectivity index (χ4v) is 3.27. The first-order valence-corrected chi connectivity index (χ1v) is 9.35. The maximum Gasteiger partial charge on any atom is 0.416 e. The standard InChI is InChI=1S/C22H17F4N4O/c1-29(12-14-2-8-17(23)9-3-14)21(31)19-13-30-18(10-27-19)11-28-20(30)15-4-6-16(7-5-15)22(24,25)26/h2-10,13H,11-12H2,1H3/q+1. The molecule has 31 heavy (non-hydrogen) atoms. The predicted molar refractivity (Wildman–Crippen MR) is 104 cm³/mol. The first kappa shape index (κ1) is 20.6. The van der Waals surface area contributed by atoms with Crippen LogP contribution in [-0.2, 0) is 19.3 Å². The number of carbonyl (C=O) groups is 1. The molecule has 0 atom stereocenters. The summed E-state index contributed by atoms with van der Waals surface area (Å²) in [7, 11) is 1.61. The average Bonchev–Trinajstić information content (AvgIpc) is 3.17. The number of aliphatic imine (C=N–C) groups is 1. The zero-order chi connectivity index (χ0) is 22.2. The predicted octanol–water partition coefficient (Wildman–Crippen LogP) is 3.61. The zero-order valence-electron chi connectivity index (χ0n) is 16.4. The van der Waals surface area contributed by atoms with E-state index in [1.54, 1.807) is 23.7 Å². The normalized spacial score (nSPS) is 13.0. The monoisotopic (exact) mass is 429 g/mol. The highest BCUT2D eigenvalue weighted by atomic mass is 19.4. The van der Waals surface area contributed by atoms with Crippen LogP contribution in [-0.4, -0.2) is 28.7 Å². The van der Waals surface area contributed by atoms with Crippen molar-refractivity contribution >= 4 is 11.7 Å². The van der Waals surface area contributed by atoms with Crippen molar-refractivity contribution in [3.05, 3.63) is 94.8 Å². The van der Waals surface area contributed by atoms with Gasteiger partial charge in [0.1, 0.15) is 12.0 Å². The van der Waals surface area contributed by atoms with Crippen molar-refractivity contribution in [1.29, 1.82) is 0 Å². The Morgan fingerprint density at radius 2 is 1.77 bits per heavy atom. The number of benzene rings is 2. The van der Waals surface area contributed by atoms with Crippen LogP contribution in [0.4, 0.5) is 17.6 Å². The summed E-state index contributed by atoms with van der Waals surface area (Å²) in [5.74, 6) is -0.260. The summed E-state index contributed by atoms with van der Waals surface area (Å²) in [6, 6.07) is 10.5. The lowest BCUT2D eigenvalue weighted by atomic mass is 10.1. The van der Waals surface area contributed by atoms with Gasteiger partial charge >= 0.3 is 12.0 Å². The second-order valence-electron chi connectivity index (χ2n) is 7.14. The Bertz CT molecular complexity index is 1160. The Morgan fingerprint density at radius 3 is 2.42 bits per heavy atom. The van der Waals surface area contributed by atoms with Gasteiger partial charge in [0.25, 0.3) is 5.91 Å². The van der Waals surface area contributed by atoms with Crippen molar-refractivity contribution in [2.24, 2.45) is 4.99 Å². The summed E-state index contributed by atoms with van der Waals surface area (Å²) in [4.78, 5) is 22.9. The molecule has 1 aromatic heterocycles. The smallest absolute Gasteiger partial charge is 0.336 e. The van der Waals surface area contributed by atoms with Crippen molar-refractivity contribution in [3.8, 4) is 0 Å². The van der Waals surface area contributed by atoms with Gasteiger partial charge in [-0.05, 0) is 42.0 Å². The second-order valence-corrected chi connectivity index (χ2v) is 7.14. The molecular formula is C22H17F4N4O+. The number of hydrogen-bond acceptors (Lipinski definition) is 3. The quantitative estimate of drug-likeness (QED) is 0.470.